The van der Waals surface area contributed by atoms with Crippen molar-refractivity contribution in [3.8, 4) is 33.9 Å². The molecule has 0 saturated heterocycles. The summed E-state index contributed by atoms with van der Waals surface area (Å²) in [5, 5.41) is 7.46. The summed E-state index contributed by atoms with van der Waals surface area (Å²) in [7, 11) is 0. The molecule has 6 nitrogen and oxygen atoms in total. The molecule has 4 heterocycles. The molecule has 0 atom stereocenters. The van der Waals surface area contributed by atoms with Crippen molar-refractivity contribution in [3.05, 3.63) is 84.9 Å². The number of hydrogen-bond acceptors (Lipinski definition) is 4. The first-order valence-electron chi connectivity index (χ1n) is 9.77. The van der Waals surface area contributed by atoms with Crippen molar-refractivity contribution >= 4 is 22.1 Å². The standard InChI is InChI=1S/C24H15FN6/c25-17-8-2-1-6-15(17)16-7-3-9-19-21(16)29-24(28-19)23-22-20(30-31-23)11-10-18(27-22)14-5-4-12-26-13-14/h1-13H,(H,28,29)(H,30,31). The van der Waals surface area contributed by atoms with Crippen LogP contribution in [-0.2, 0) is 0 Å². The van der Waals surface area contributed by atoms with Crippen LogP contribution in [0.2, 0.25) is 0 Å². The number of nitrogens with one attached hydrogen (secondary N) is 2. The van der Waals surface area contributed by atoms with Gasteiger partial charge in [-0.2, -0.15) is 5.10 Å². The van der Waals surface area contributed by atoms with Gasteiger partial charge >= 0.3 is 0 Å². The van der Waals surface area contributed by atoms with Crippen molar-refractivity contribution in [1.82, 2.24) is 30.1 Å². The average molecular weight is 406 g/mol. The van der Waals surface area contributed by atoms with Crippen molar-refractivity contribution in [3.63, 3.8) is 0 Å². The maximum Gasteiger partial charge on any atom is 0.161 e. The Morgan fingerprint density at radius 2 is 1.65 bits per heavy atom. The normalized spacial score (nSPS) is 11.4. The van der Waals surface area contributed by atoms with Crippen molar-refractivity contribution in [1.29, 1.82) is 0 Å². The molecule has 0 spiro atoms. The van der Waals surface area contributed by atoms with E-state index in [2.05, 4.69) is 20.2 Å². The Kier molecular flexibility index (Phi) is 3.86. The number of halogens is 1. The van der Waals surface area contributed by atoms with Crippen LogP contribution in [0.3, 0.4) is 0 Å². The summed E-state index contributed by atoms with van der Waals surface area (Å²) in [4.78, 5) is 17.0. The lowest BCUT2D eigenvalue weighted by Crippen LogP contribution is -1.87. The van der Waals surface area contributed by atoms with Crippen molar-refractivity contribution < 1.29 is 4.39 Å². The summed E-state index contributed by atoms with van der Waals surface area (Å²) in [5.41, 5.74) is 6.55. The summed E-state index contributed by atoms with van der Waals surface area (Å²) >= 11 is 0. The van der Waals surface area contributed by atoms with Crippen LogP contribution in [0.15, 0.2) is 79.1 Å². The van der Waals surface area contributed by atoms with Gasteiger partial charge in [0.05, 0.1) is 22.2 Å². The molecule has 2 aromatic carbocycles. The Bertz CT molecular complexity index is 1550. The number of nitrogens with zero attached hydrogens (tertiary/aromatic N) is 4. The third-order valence-electron chi connectivity index (χ3n) is 5.27. The van der Waals surface area contributed by atoms with Crippen LogP contribution in [-0.4, -0.2) is 30.1 Å². The molecule has 2 N–H and O–H groups in total. The highest BCUT2D eigenvalue weighted by Crippen LogP contribution is 2.32. The van der Waals surface area contributed by atoms with Crippen LogP contribution in [0, 0.1) is 5.82 Å². The number of hydrogen-bond donors (Lipinski definition) is 2. The van der Waals surface area contributed by atoms with Gasteiger partial charge in [-0.05, 0) is 36.4 Å². The zero-order valence-corrected chi connectivity index (χ0v) is 16.2. The molecule has 0 radical (unpaired) electrons. The smallest absolute Gasteiger partial charge is 0.161 e. The molecular formula is C24H15FN6. The molecule has 0 aliphatic carbocycles. The van der Waals surface area contributed by atoms with Crippen LogP contribution < -0.4 is 0 Å². The zero-order valence-electron chi connectivity index (χ0n) is 16.2. The second-order valence-electron chi connectivity index (χ2n) is 7.17. The molecule has 0 fully saturated rings. The molecule has 7 heteroatoms. The van der Waals surface area contributed by atoms with Gasteiger partial charge in [-0.25, -0.2) is 14.4 Å². The van der Waals surface area contributed by atoms with Crippen LogP contribution >= 0.6 is 0 Å². The molecule has 31 heavy (non-hydrogen) atoms. The fourth-order valence-corrected chi connectivity index (χ4v) is 3.78. The van der Waals surface area contributed by atoms with Crippen LogP contribution in [0.5, 0.6) is 0 Å². The number of benzene rings is 2. The van der Waals surface area contributed by atoms with E-state index in [1.165, 1.54) is 6.07 Å². The Morgan fingerprint density at radius 3 is 2.52 bits per heavy atom. The molecule has 0 saturated carbocycles. The first kappa shape index (κ1) is 17.5. The third kappa shape index (κ3) is 2.86. The first-order chi connectivity index (χ1) is 15.3. The van der Waals surface area contributed by atoms with Crippen LogP contribution in [0.4, 0.5) is 4.39 Å². The molecule has 0 bridgehead atoms. The number of pyridine rings is 2. The Labute approximate surface area is 175 Å². The highest BCUT2D eigenvalue weighted by molar-refractivity contribution is 5.96. The number of aromatic amines is 2. The van der Waals surface area contributed by atoms with Gasteiger partial charge in [-0.3, -0.25) is 10.1 Å². The van der Waals surface area contributed by atoms with Gasteiger partial charge in [0.15, 0.2) is 11.5 Å². The van der Waals surface area contributed by atoms with E-state index in [1.54, 1.807) is 24.5 Å². The average Bonchev–Trinajstić information content (AvgIpc) is 3.43. The Hall–Kier alpha value is -4.39. The molecule has 6 aromatic rings. The number of fused-ring (bicyclic) bond motifs is 2. The third-order valence-corrected chi connectivity index (χ3v) is 5.27. The van der Waals surface area contributed by atoms with Crippen LogP contribution in [0.25, 0.3) is 56.0 Å². The van der Waals surface area contributed by atoms with Crippen molar-refractivity contribution in [2.24, 2.45) is 0 Å². The number of imidazole rings is 1. The summed E-state index contributed by atoms with van der Waals surface area (Å²) in [6, 6.07) is 20.1. The van der Waals surface area contributed by atoms with E-state index in [9.17, 15) is 4.39 Å². The Balaban J connectivity index is 1.53. The van der Waals surface area contributed by atoms with E-state index < -0.39 is 0 Å². The van der Waals surface area contributed by atoms with E-state index in [-0.39, 0.29) is 5.82 Å². The van der Waals surface area contributed by atoms with Gasteiger partial charge in [-0.15, -0.1) is 0 Å². The van der Waals surface area contributed by atoms with E-state index in [1.807, 2.05) is 48.5 Å². The van der Waals surface area contributed by atoms with Crippen molar-refractivity contribution in [2.45, 2.75) is 0 Å². The first-order valence-corrected chi connectivity index (χ1v) is 9.77. The predicted molar refractivity (Wildman–Crippen MR) is 118 cm³/mol. The minimum Gasteiger partial charge on any atom is -0.336 e. The molecule has 0 unspecified atom stereocenters. The van der Waals surface area contributed by atoms with E-state index in [0.29, 0.717) is 28.1 Å². The second-order valence-corrected chi connectivity index (χ2v) is 7.17. The molecule has 0 aliphatic rings. The fraction of sp³-hybridized carbons (Fsp3) is 0. The lowest BCUT2D eigenvalue weighted by Gasteiger charge is -2.03. The largest absolute Gasteiger partial charge is 0.336 e. The highest BCUT2D eigenvalue weighted by atomic mass is 19.1. The lowest BCUT2D eigenvalue weighted by molar-refractivity contribution is 0.631. The van der Waals surface area contributed by atoms with Gasteiger partial charge in [0.1, 0.15) is 11.3 Å². The zero-order chi connectivity index (χ0) is 20.8. The summed E-state index contributed by atoms with van der Waals surface area (Å²) in [6.45, 7) is 0. The maximum absolute atomic E-state index is 14.4. The van der Waals surface area contributed by atoms with Gasteiger partial charge in [-0.1, -0.05) is 30.3 Å². The molecular weight excluding hydrogens is 391 g/mol. The summed E-state index contributed by atoms with van der Waals surface area (Å²) < 4.78 is 14.4. The minimum atomic E-state index is -0.285. The molecule has 0 amide bonds. The number of para-hydroxylation sites is 1. The lowest BCUT2D eigenvalue weighted by atomic mass is 10.0. The monoisotopic (exact) mass is 406 g/mol. The van der Waals surface area contributed by atoms with Gasteiger partial charge in [0, 0.05) is 29.1 Å². The topological polar surface area (TPSA) is 83.1 Å². The number of aromatic nitrogens is 6. The quantitative estimate of drug-likeness (QED) is 0.414. The van der Waals surface area contributed by atoms with Gasteiger partial charge < -0.3 is 4.98 Å². The number of rotatable bonds is 3. The van der Waals surface area contributed by atoms with Gasteiger partial charge in [0.2, 0.25) is 0 Å². The Morgan fingerprint density at radius 1 is 0.742 bits per heavy atom. The molecule has 0 aliphatic heterocycles. The fourth-order valence-electron chi connectivity index (χ4n) is 3.78. The number of H-pyrrole nitrogens is 2. The summed E-state index contributed by atoms with van der Waals surface area (Å²) in [5.74, 6) is 0.286. The second kappa shape index (κ2) is 6.84. The van der Waals surface area contributed by atoms with Crippen LogP contribution in [0.1, 0.15) is 0 Å². The maximum atomic E-state index is 14.4. The highest BCUT2D eigenvalue weighted by Gasteiger charge is 2.17. The van der Waals surface area contributed by atoms with Gasteiger partial charge in [0.25, 0.3) is 0 Å². The van der Waals surface area contributed by atoms with E-state index >= 15 is 0 Å². The molecule has 148 valence electrons. The minimum absolute atomic E-state index is 0.285. The van der Waals surface area contributed by atoms with E-state index in [0.717, 1.165) is 27.9 Å². The predicted octanol–water partition coefficient (Wildman–Crippen LogP) is 5.37. The van der Waals surface area contributed by atoms with E-state index in [4.69, 9.17) is 9.97 Å². The molecule has 4 aromatic heterocycles. The molecule has 6 rings (SSSR count). The summed E-state index contributed by atoms with van der Waals surface area (Å²) in [6.07, 6.45) is 3.50. The van der Waals surface area contributed by atoms with Crippen molar-refractivity contribution in [2.75, 3.05) is 0 Å². The SMILES string of the molecule is Fc1ccccc1-c1cccc2[nH]c(-c3n[nH]c4ccc(-c5cccnc5)nc34)nc12.